The van der Waals surface area contributed by atoms with Crippen LogP contribution >= 0.6 is 11.3 Å². The average Bonchev–Trinajstić information content (AvgIpc) is 3.03. The molecule has 0 saturated heterocycles. The highest BCUT2D eigenvalue weighted by atomic mass is 32.1. The van der Waals surface area contributed by atoms with E-state index in [1.165, 1.54) is 6.07 Å². The summed E-state index contributed by atoms with van der Waals surface area (Å²) in [5, 5.41) is 29.5. The Morgan fingerprint density at radius 2 is 1.88 bits per heavy atom. The standard InChI is InChI=1S/C12H14N4O2S.C2HF3O2/c1-2-11-14-8(7-19-11)5-6-13-10-4-3-9(12(17)18)15-16-10;3-2(4,5)1(6)7/h3-4,7H,2,5-6H2,1H3,(H,13,16)(H,17,18);(H,6,7). The number of aryl methyl sites for hydroxylation is 1. The Balaban J connectivity index is 0.000000412. The quantitative estimate of drug-likeness (QED) is 0.685. The number of aliphatic carboxylic acids is 1. The van der Waals surface area contributed by atoms with E-state index in [0.717, 1.165) is 23.5 Å². The van der Waals surface area contributed by atoms with E-state index >= 15 is 0 Å². The van der Waals surface area contributed by atoms with E-state index in [0.29, 0.717) is 12.4 Å². The topological polar surface area (TPSA) is 125 Å². The summed E-state index contributed by atoms with van der Waals surface area (Å²) in [5.41, 5.74) is 1.00. The number of nitrogens with zero attached hydrogens (tertiary/aromatic N) is 3. The van der Waals surface area contributed by atoms with Crippen molar-refractivity contribution < 1.29 is 33.0 Å². The van der Waals surface area contributed by atoms with E-state index in [4.69, 9.17) is 15.0 Å². The zero-order valence-corrected chi connectivity index (χ0v) is 14.3. The number of thiazole rings is 1. The van der Waals surface area contributed by atoms with Crippen LogP contribution in [0.3, 0.4) is 0 Å². The molecule has 2 aromatic rings. The average molecular weight is 392 g/mol. The molecule has 0 atom stereocenters. The molecule has 0 amide bonds. The molecule has 0 aliphatic carbocycles. The fourth-order valence-electron chi connectivity index (χ4n) is 1.49. The van der Waals surface area contributed by atoms with Crippen molar-refractivity contribution in [1.82, 2.24) is 15.2 Å². The zero-order chi connectivity index (χ0) is 19.7. The van der Waals surface area contributed by atoms with Crippen LogP contribution in [0.25, 0.3) is 0 Å². The third-order valence-corrected chi connectivity index (χ3v) is 3.76. The number of rotatable bonds is 6. The molecule has 0 radical (unpaired) electrons. The number of anilines is 1. The van der Waals surface area contributed by atoms with Crippen LogP contribution in [0, 0.1) is 0 Å². The Bertz CT molecular complexity index is 735. The van der Waals surface area contributed by atoms with Gasteiger partial charge in [0.15, 0.2) is 5.69 Å². The van der Waals surface area contributed by atoms with Crippen LogP contribution in [0.5, 0.6) is 0 Å². The van der Waals surface area contributed by atoms with Gasteiger partial charge in [0.1, 0.15) is 5.82 Å². The van der Waals surface area contributed by atoms with Crippen LogP contribution in [0.1, 0.15) is 28.1 Å². The van der Waals surface area contributed by atoms with Gasteiger partial charge in [0.25, 0.3) is 0 Å². The highest BCUT2D eigenvalue weighted by molar-refractivity contribution is 7.09. The van der Waals surface area contributed by atoms with Gasteiger partial charge in [-0.2, -0.15) is 13.2 Å². The van der Waals surface area contributed by atoms with Crippen LogP contribution in [-0.2, 0) is 17.6 Å². The molecule has 2 aromatic heterocycles. The third kappa shape index (κ3) is 7.42. The molecule has 0 unspecified atom stereocenters. The number of hydrogen-bond donors (Lipinski definition) is 3. The first-order valence-electron chi connectivity index (χ1n) is 7.17. The van der Waals surface area contributed by atoms with Crippen molar-refractivity contribution in [3.05, 3.63) is 33.9 Å². The van der Waals surface area contributed by atoms with Crippen LogP contribution in [0.15, 0.2) is 17.5 Å². The summed E-state index contributed by atoms with van der Waals surface area (Å²) in [4.78, 5) is 24.0. The van der Waals surface area contributed by atoms with E-state index in [1.54, 1.807) is 17.4 Å². The molecule has 26 heavy (non-hydrogen) atoms. The maximum atomic E-state index is 10.6. The van der Waals surface area contributed by atoms with E-state index in [1.807, 2.05) is 0 Å². The molecule has 2 rings (SSSR count). The maximum Gasteiger partial charge on any atom is 0.490 e. The van der Waals surface area contributed by atoms with Crippen molar-refractivity contribution in [3.8, 4) is 0 Å². The third-order valence-electron chi connectivity index (χ3n) is 2.72. The summed E-state index contributed by atoms with van der Waals surface area (Å²) in [5.74, 6) is -3.27. The van der Waals surface area contributed by atoms with E-state index in [2.05, 4.69) is 32.8 Å². The lowest BCUT2D eigenvalue weighted by Gasteiger charge is -2.03. The smallest absolute Gasteiger partial charge is 0.476 e. The minimum atomic E-state index is -5.08. The number of carboxylic acids is 2. The first kappa shape index (κ1) is 21.3. The van der Waals surface area contributed by atoms with Crippen LogP contribution in [0.2, 0.25) is 0 Å². The van der Waals surface area contributed by atoms with Gasteiger partial charge in [-0.15, -0.1) is 21.5 Å². The van der Waals surface area contributed by atoms with E-state index in [9.17, 15) is 18.0 Å². The molecule has 0 aromatic carbocycles. The van der Waals surface area contributed by atoms with Crippen molar-refractivity contribution in [2.24, 2.45) is 0 Å². The Morgan fingerprint density at radius 1 is 1.23 bits per heavy atom. The number of alkyl halides is 3. The lowest BCUT2D eigenvalue weighted by molar-refractivity contribution is -0.192. The van der Waals surface area contributed by atoms with Gasteiger partial charge < -0.3 is 15.5 Å². The number of halogens is 3. The van der Waals surface area contributed by atoms with Crippen molar-refractivity contribution in [2.75, 3.05) is 11.9 Å². The van der Waals surface area contributed by atoms with Crippen molar-refractivity contribution in [1.29, 1.82) is 0 Å². The fraction of sp³-hybridized carbons (Fsp3) is 0.357. The summed E-state index contributed by atoms with van der Waals surface area (Å²) in [6.07, 6.45) is -3.32. The lowest BCUT2D eigenvalue weighted by Crippen LogP contribution is -2.21. The fourth-order valence-corrected chi connectivity index (χ4v) is 2.26. The van der Waals surface area contributed by atoms with Crippen LogP contribution in [0.4, 0.5) is 19.0 Å². The highest BCUT2D eigenvalue weighted by Gasteiger charge is 2.38. The van der Waals surface area contributed by atoms with Gasteiger partial charge in [0.05, 0.1) is 10.7 Å². The van der Waals surface area contributed by atoms with Gasteiger partial charge in [-0.05, 0) is 18.6 Å². The Labute approximate surface area is 149 Å². The molecular weight excluding hydrogens is 377 g/mol. The summed E-state index contributed by atoms with van der Waals surface area (Å²) in [6.45, 7) is 2.77. The van der Waals surface area contributed by atoms with Gasteiger partial charge in [0.2, 0.25) is 0 Å². The number of hydrogen-bond acceptors (Lipinski definition) is 7. The predicted molar refractivity (Wildman–Crippen MR) is 86.4 cm³/mol. The van der Waals surface area contributed by atoms with E-state index < -0.39 is 18.1 Å². The molecule has 0 aliphatic rings. The molecule has 0 bridgehead atoms. The minimum Gasteiger partial charge on any atom is -0.476 e. The molecule has 0 saturated carbocycles. The largest absolute Gasteiger partial charge is 0.490 e. The molecule has 3 N–H and O–H groups in total. The number of carboxylic acid groups (broad SMARTS) is 2. The van der Waals surface area contributed by atoms with Gasteiger partial charge in [0, 0.05) is 18.3 Å². The molecule has 0 aliphatic heterocycles. The summed E-state index contributed by atoms with van der Waals surface area (Å²) in [7, 11) is 0. The van der Waals surface area contributed by atoms with Crippen LogP contribution in [-0.4, -0.2) is 50.1 Å². The lowest BCUT2D eigenvalue weighted by atomic mass is 10.3. The summed E-state index contributed by atoms with van der Waals surface area (Å²) >= 11 is 1.67. The van der Waals surface area contributed by atoms with E-state index in [-0.39, 0.29) is 5.69 Å². The van der Waals surface area contributed by atoms with Crippen molar-refractivity contribution >= 4 is 29.1 Å². The normalized spacial score (nSPS) is 10.6. The van der Waals surface area contributed by atoms with Gasteiger partial charge in [-0.3, -0.25) is 0 Å². The molecular formula is C14H15F3N4O4S. The van der Waals surface area contributed by atoms with Crippen LogP contribution < -0.4 is 5.32 Å². The summed E-state index contributed by atoms with van der Waals surface area (Å²) < 4.78 is 31.7. The van der Waals surface area contributed by atoms with Crippen molar-refractivity contribution in [2.45, 2.75) is 25.9 Å². The Hall–Kier alpha value is -2.76. The second kappa shape index (κ2) is 9.65. The number of carbonyl (C=O) groups is 2. The number of aromatic carboxylic acids is 1. The molecule has 0 spiro atoms. The highest BCUT2D eigenvalue weighted by Crippen LogP contribution is 2.13. The second-order valence-electron chi connectivity index (χ2n) is 4.67. The van der Waals surface area contributed by atoms with Crippen molar-refractivity contribution in [3.63, 3.8) is 0 Å². The van der Waals surface area contributed by atoms with Gasteiger partial charge in [-0.1, -0.05) is 6.92 Å². The first-order valence-corrected chi connectivity index (χ1v) is 8.05. The monoisotopic (exact) mass is 392 g/mol. The minimum absolute atomic E-state index is 0.0577. The molecule has 142 valence electrons. The summed E-state index contributed by atoms with van der Waals surface area (Å²) in [6, 6.07) is 3.03. The SMILES string of the molecule is CCc1nc(CCNc2ccc(C(=O)O)nn2)cs1.O=C(O)C(F)(F)F. The Kier molecular flexibility index (Phi) is 7.90. The zero-order valence-electron chi connectivity index (χ0n) is 13.4. The van der Waals surface area contributed by atoms with Gasteiger partial charge in [-0.25, -0.2) is 14.6 Å². The molecule has 12 heteroatoms. The van der Waals surface area contributed by atoms with Gasteiger partial charge >= 0.3 is 18.1 Å². The first-order chi connectivity index (χ1) is 12.1. The maximum absolute atomic E-state index is 10.6. The number of aromatic nitrogens is 3. The second-order valence-corrected chi connectivity index (χ2v) is 5.62. The predicted octanol–water partition coefficient (Wildman–Crippen LogP) is 2.48. The molecule has 0 fully saturated rings. The number of nitrogens with one attached hydrogen (secondary N) is 1. The molecule has 8 nitrogen and oxygen atoms in total. The Morgan fingerprint density at radius 3 is 2.31 bits per heavy atom. The molecule has 2 heterocycles.